The summed E-state index contributed by atoms with van der Waals surface area (Å²) >= 11 is 1.57. The second kappa shape index (κ2) is 19.3. The normalized spacial score (nSPS) is 17.4. The van der Waals surface area contributed by atoms with Crippen LogP contribution in [-0.2, 0) is 25.6 Å². The number of ether oxygens (including phenoxy) is 1. The first-order chi connectivity index (χ1) is 25.5. The van der Waals surface area contributed by atoms with E-state index in [2.05, 4.69) is 15.6 Å². The van der Waals surface area contributed by atoms with Crippen LogP contribution in [0.15, 0.2) is 48.0 Å². The fourth-order valence-electron chi connectivity index (χ4n) is 6.47. The molecule has 294 valence electrons. The van der Waals surface area contributed by atoms with Gasteiger partial charge in [0, 0.05) is 31.8 Å². The van der Waals surface area contributed by atoms with Crippen molar-refractivity contribution in [1.29, 1.82) is 0 Å². The van der Waals surface area contributed by atoms with Crippen molar-refractivity contribution in [3.63, 3.8) is 0 Å². The van der Waals surface area contributed by atoms with E-state index in [9.17, 15) is 28.7 Å². The first-order valence-corrected chi connectivity index (χ1v) is 19.4. The number of aliphatic hydroxyl groups is 1. The van der Waals surface area contributed by atoms with Gasteiger partial charge in [-0.2, -0.15) is 0 Å². The molecule has 1 aromatic heterocycles. The molecule has 0 spiro atoms. The van der Waals surface area contributed by atoms with Crippen LogP contribution in [0.25, 0.3) is 10.4 Å². The largest absolute Gasteiger partial charge is 0.492 e. The summed E-state index contributed by atoms with van der Waals surface area (Å²) in [6.45, 7) is 9.53. The van der Waals surface area contributed by atoms with Crippen molar-refractivity contribution in [3.05, 3.63) is 70.6 Å². The summed E-state index contributed by atoms with van der Waals surface area (Å²) in [4.78, 5) is 58.5. The molecule has 7 N–H and O–H groups in total. The van der Waals surface area contributed by atoms with E-state index in [0.717, 1.165) is 21.7 Å². The van der Waals surface area contributed by atoms with Gasteiger partial charge in [0.05, 0.1) is 28.2 Å². The number of nitrogens with zero attached hydrogens (tertiary/aromatic N) is 2. The summed E-state index contributed by atoms with van der Waals surface area (Å²) in [5, 5.41) is 16.5. The van der Waals surface area contributed by atoms with Crippen molar-refractivity contribution < 1.29 is 33.4 Å². The standard InChI is InChI=1S/C40H55FN6O6S/c1-24(26-11-13-27(14-12-26)36-25(2)44-23-54-36)45-38(51)33-20-30(48)21-47(33)39(52)37(40(3,4)5)46-35(50)10-8-6-7-9-28-19-31(16-17-32(28)41)53-22-29(42)15-18-34(43)49/h11-14,16-17,19,23-24,29-30,33,37,48H,6-10,15,18,20-22,42H2,1-5H3,(H2,43,49)(H,45,51)(H,46,50)/t24-,29-,30+,33-,37+/m0/s1. The van der Waals surface area contributed by atoms with Crippen LogP contribution in [-0.4, -0.2) is 76.0 Å². The summed E-state index contributed by atoms with van der Waals surface area (Å²) in [7, 11) is 0. The number of rotatable bonds is 18. The molecule has 54 heavy (non-hydrogen) atoms. The van der Waals surface area contributed by atoms with Gasteiger partial charge in [-0.05, 0) is 79.8 Å². The zero-order valence-corrected chi connectivity index (χ0v) is 32.7. The molecule has 0 saturated carbocycles. The van der Waals surface area contributed by atoms with E-state index >= 15 is 0 Å². The molecule has 4 rings (SSSR count). The number of aliphatic hydroxyl groups excluding tert-OH is 1. The van der Waals surface area contributed by atoms with Crippen molar-refractivity contribution in [1.82, 2.24) is 20.5 Å². The van der Waals surface area contributed by atoms with Crippen molar-refractivity contribution in [2.75, 3.05) is 13.2 Å². The van der Waals surface area contributed by atoms with Gasteiger partial charge in [0.2, 0.25) is 23.6 Å². The van der Waals surface area contributed by atoms with E-state index < -0.39 is 35.4 Å². The third-order valence-corrected chi connectivity index (χ3v) is 10.6. The highest BCUT2D eigenvalue weighted by Gasteiger charge is 2.44. The van der Waals surface area contributed by atoms with Gasteiger partial charge in [-0.3, -0.25) is 19.2 Å². The molecule has 0 unspecified atom stereocenters. The zero-order chi connectivity index (χ0) is 39.6. The highest BCUT2D eigenvalue weighted by Crippen LogP contribution is 2.30. The summed E-state index contributed by atoms with van der Waals surface area (Å²) in [5.41, 5.74) is 15.7. The number of nitrogens with two attached hydrogens (primary N) is 2. The number of β-amino-alcohol motifs (C(OH)–C–C–N with tert-alkyl or cyclic N) is 1. The fourth-order valence-corrected chi connectivity index (χ4v) is 7.28. The number of halogens is 1. The molecule has 2 aromatic carbocycles. The number of primary amides is 1. The maximum absolute atomic E-state index is 14.5. The maximum atomic E-state index is 14.5. The number of thiazole rings is 1. The number of aryl methyl sites for hydroxylation is 2. The summed E-state index contributed by atoms with van der Waals surface area (Å²) in [6.07, 6.45) is 2.20. The van der Waals surface area contributed by atoms with Crippen LogP contribution in [0.5, 0.6) is 5.75 Å². The van der Waals surface area contributed by atoms with E-state index in [4.69, 9.17) is 16.2 Å². The molecule has 1 fully saturated rings. The van der Waals surface area contributed by atoms with Crippen LogP contribution >= 0.6 is 11.3 Å². The number of nitrogens with one attached hydrogen (secondary N) is 2. The Morgan fingerprint density at radius 2 is 1.80 bits per heavy atom. The van der Waals surface area contributed by atoms with Crippen LogP contribution in [0.3, 0.4) is 0 Å². The number of carbonyl (C=O) groups excluding carboxylic acids is 4. The Morgan fingerprint density at radius 1 is 1.07 bits per heavy atom. The Kier molecular flexibility index (Phi) is 15.1. The Bertz CT molecular complexity index is 1740. The van der Waals surface area contributed by atoms with Crippen molar-refractivity contribution in [3.8, 4) is 16.2 Å². The van der Waals surface area contributed by atoms with Gasteiger partial charge < -0.3 is 36.8 Å². The third-order valence-electron chi connectivity index (χ3n) is 9.65. The monoisotopic (exact) mass is 766 g/mol. The van der Waals surface area contributed by atoms with Crippen molar-refractivity contribution >= 4 is 35.0 Å². The number of hydrogen-bond donors (Lipinski definition) is 5. The Labute approximate surface area is 321 Å². The first kappa shape index (κ1) is 42.3. The Morgan fingerprint density at radius 3 is 2.44 bits per heavy atom. The highest BCUT2D eigenvalue weighted by atomic mass is 32.1. The molecule has 0 radical (unpaired) electrons. The quantitative estimate of drug-likeness (QED) is 0.115. The van der Waals surface area contributed by atoms with Crippen LogP contribution in [0.1, 0.15) is 95.5 Å². The SMILES string of the molecule is Cc1ncsc1-c1ccc([C@H](C)NC(=O)[C@@H]2C[C@@H](O)CN2C(=O)[C@@H](NC(=O)CCCCCc2cc(OC[C@@H](N)CCC(N)=O)ccc2F)C(C)(C)C)cc1. The Balaban J connectivity index is 1.27. The lowest BCUT2D eigenvalue weighted by Gasteiger charge is -2.35. The average Bonchev–Trinajstić information content (AvgIpc) is 3.74. The molecule has 3 aromatic rings. The van der Waals surface area contributed by atoms with Gasteiger partial charge in [0.15, 0.2) is 0 Å². The smallest absolute Gasteiger partial charge is 0.246 e. The first-order valence-electron chi connectivity index (χ1n) is 18.6. The number of benzene rings is 2. The van der Waals surface area contributed by atoms with E-state index in [0.29, 0.717) is 43.4 Å². The molecular weight excluding hydrogens is 712 g/mol. The number of likely N-dealkylation sites (tertiary alicyclic amines) is 1. The number of unbranched alkanes of at least 4 members (excludes halogenated alkanes) is 2. The lowest BCUT2D eigenvalue weighted by molar-refractivity contribution is -0.144. The van der Waals surface area contributed by atoms with Crippen LogP contribution < -0.4 is 26.8 Å². The molecule has 14 heteroatoms. The van der Waals surface area contributed by atoms with Gasteiger partial charge in [-0.15, -0.1) is 11.3 Å². The molecule has 4 amide bonds. The van der Waals surface area contributed by atoms with E-state index in [1.54, 1.807) is 17.4 Å². The molecule has 12 nitrogen and oxygen atoms in total. The van der Waals surface area contributed by atoms with Crippen molar-refractivity contribution in [2.45, 2.75) is 116 Å². The molecule has 5 atom stereocenters. The second-order valence-electron chi connectivity index (χ2n) is 15.3. The minimum atomic E-state index is -0.925. The van der Waals surface area contributed by atoms with Gasteiger partial charge in [0.1, 0.15) is 30.3 Å². The zero-order valence-electron chi connectivity index (χ0n) is 31.9. The van der Waals surface area contributed by atoms with Crippen LogP contribution in [0.2, 0.25) is 0 Å². The molecule has 1 aliphatic rings. The van der Waals surface area contributed by atoms with Crippen LogP contribution in [0, 0.1) is 18.2 Å². The lowest BCUT2D eigenvalue weighted by atomic mass is 9.85. The number of carbonyl (C=O) groups is 4. The highest BCUT2D eigenvalue weighted by molar-refractivity contribution is 7.13. The van der Waals surface area contributed by atoms with Crippen LogP contribution in [0.4, 0.5) is 4.39 Å². The second-order valence-corrected chi connectivity index (χ2v) is 16.1. The molecule has 1 saturated heterocycles. The maximum Gasteiger partial charge on any atom is 0.246 e. The van der Waals surface area contributed by atoms with Gasteiger partial charge >= 0.3 is 0 Å². The predicted octanol–water partition coefficient (Wildman–Crippen LogP) is 4.70. The lowest BCUT2D eigenvalue weighted by Crippen LogP contribution is -2.57. The minimum absolute atomic E-state index is 0.0124. The molecule has 2 heterocycles. The van der Waals surface area contributed by atoms with E-state index in [1.165, 1.54) is 17.0 Å². The summed E-state index contributed by atoms with van der Waals surface area (Å²) < 4.78 is 20.2. The van der Waals surface area contributed by atoms with Gasteiger partial charge in [0.25, 0.3) is 0 Å². The number of aromatic nitrogens is 1. The van der Waals surface area contributed by atoms with Gasteiger partial charge in [-0.1, -0.05) is 51.5 Å². The number of hydrogen-bond acceptors (Lipinski definition) is 9. The molecular formula is C40H55FN6O6S. The molecule has 1 aliphatic heterocycles. The Hall–Kier alpha value is -4.40. The fraction of sp³-hybridized carbons (Fsp3) is 0.525. The van der Waals surface area contributed by atoms with Gasteiger partial charge in [-0.25, -0.2) is 9.37 Å². The molecule has 0 bridgehead atoms. The minimum Gasteiger partial charge on any atom is -0.492 e. The topological polar surface area (TPSA) is 190 Å². The van der Waals surface area contributed by atoms with Crippen molar-refractivity contribution in [2.24, 2.45) is 16.9 Å². The molecule has 0 aliphatic carbocycles. The summed E-state index contributed by atoms with van der Waals surface area (Å²) in [6, 6.07) is 9.87. The predicted molar refractivity (Wildman–Crippen MR) is 207 cm³/mol. The third kappa shape index (κ3) is 12.1. The number of amides is 4. The average molecular weight is 767 g/mol. The van der Waals surface area contributed by atoms with E-state index in [-0.39, 0.29) is 62.1 Å². The summed E-state index contributed by atoms with van der Waals surface area (Å²) in [5.74, 6) is -1.40. The van der Waals surface area contributed by atoms with E-state index in [1.807, 2.05) is 64.4 Å².